The number of aromatic nitrogens is 1. The molecule has 2 N–H and O–H groups in total. The quantitative estimate of drug-likeness (QED) is 0.575. The van der Waals surface area contributed by atoms with Crippen molar-refractivity contribution in [3.8, 4) is 11.5 Å². The molecule has 0 bridgehead atoms. The number of nitrogens with one attached hydrogen (secondary N) is 2. The molecule has 6 heteroatoms. The van der Waals surface area contributed by atoms with Gasteiger partial charge in [0.15, 0.2) is 5.96 Å². The van der Waals surface area contributed by atoms with Crippen molar-refractivity contribution in [3.05, 3.63) is 41.8 Å². The van der Waals surface area contributed by atoms with Gasteiger partial charge in [-0.05, 0) is 44.7 Å². The van der Waals surface area contributed by atoms with Crippen LogP contribution in [0.1, 0.15) is 56.2 Å². The van der Waals surface area contributed by atoms with Crippen LogP contribution >= 0.6 is 0 Å². The molecule has 2 fully saturated rings. The van der Waals surface area contributed by atoms with Gasteiger partial charge in [0.05, 0.1) is 12.2 Å². The van der Waals surface area contributed by atoms with E-state index in [1.54, 1.807) is 6.26 Å². The third-order valence-electron chi connectivity index (χ3n) is 6.47. The van der Waals surface area contributed by atoms with E-state index in [0.29, 0.717) is 18.5 Å². The number of guanidine groups is 1. The van der Waals surface area contributed by atoms with Crippen molar-refractivity contribution < 1.29 is 4.42 Å². The SMILES string of the molecule is CN=C(NCc1coc(-c2ccc(C)cc2)n1)NC1CCN(C2CCCCC2)CC1. The van der Waals surface area contributed by atoms with Crippen molar-refractivity contribution in [3.63, 3.8) is 0 Å². The average Bonchev–Trinajstić information content (AvgIpc) is 3.27. The molecule has 1 aliphatic carbocycles. The molecule has 0 amide bonds. The number of likely N-dealkylation sites (tertiary alicyclic amines) is 1. The zero-order chi connectivity index (χ0) is 20.8. The number of nitrogens with zero attached hydrogens (tertiary/aromatic N) is 3. The maximum Gasteiger partial charge on any atom is 0.226 e. The summed E-state index contributed by atoms with van der Waals surface area (Å²) in [6.45, 7) is 5.06. The Hall–Kier alpha value is -2.34. The first-order valence-electron chi connectivity index (χ1n) is 11.4. The van der Waals surface area contributed by atoms with E-state index < -0.39 is 0 Å². The zero-order valence-electron chi connectivity index (χ0n) is 18.4. The van der Waals surface area contributed by atoms with Gasteiger partial charge < -0.3 is 20.0 Å². The lowest BCUT2D eigenvalue weighted by molar-refractivity contribution is 0.119. The fourth-order valence-corrected chi connectivity index (χ4v) is 4.63. The summed E-state index contributed by atoms with van der Waals surface area (Å²) in [5.74, 6) is 1.50. The average molecular weight is 410 g/mol. The van der Waals surface area contributed by atoms with Crippen LogP contribution in [0.4, 0.5) is 0 Å². The summed E-state index contributed by atoms with van der Waals surface area (Å²) < 4.78 is 5.66. The number of benzene rings is 1. The van der Waals surface area contributed by atoms with E-state index in [9.17, 15) is 0 Å². The van der Waals surface area contributed by atoms with Crippen LogP contribution in [0.25, 0.3) is 11.5 Å². The van der Waals surface area contributed by atoms with Gasteiger partial charge in [0.2, 0.25) is 5.89 Å². The normalized spacial score (nSPS) is 19.7. The lowest BCUT2D eigenvalue weighted by atomic mass is 9.92. The molecule has 2 aromatic rings. The van der Waals surface area contributed by atoms with Gasteiger partial charge in [-0.15, -0.1) is 0 Å². The van der Waals surface area contributed by atoms with Crippen molar-refractivity contribution in [2.45, 2.75) is 70.5 Å². The Balaban J connectivity index is 1.23. The highest BCUT2D eigenvalue weighted by Crippen LogP contribution is 2.25. The van der Waals surface area contributed by atoms with Crippen molar-refractivity contribution >= 4 is 5.96 Å². The van der Waals surface area contributed by atoms with Crippen molar-refractivity contribution in [1.29, 1.82) is 0 Å². The molecule has 30 heavy (non-hydrogen) atoms. The maximum atomic E-state index is 5.66. The van der Waals surface area contributed by atoms with Gasteiger partial charge >= 0.3 is 0 Å². The zero-order valence-corrected chi connectivity index (χ0v) is 18.4. The van der Waals surface area contributed by atoms with Gasteiger partial charge in [0, 0.05) is 37.8 Å². The summed E-state index contributed by atoms with van der Waals surface area (Å²) in [4.78, 5) is 11.7. The van der Waals surface area contributed by atoms with E-state index >= 15 is 0 Å². The van der Waals surface area contributed by atoms with E-state index in [0.717, 1.165) is 23.3 Å². The van der Waals surface area contributed by atoms with Crippen LogP contribution in [0.5, 0.6) is 0 Å². The van der Waals surface area contributed by atoms with Crippen LogP contribution in [0.2, 0.25) is 0 Å². The highest BCUT2D eigenvalue weighted by atomic mass is 16.3. The first kappa shape index (κ1) is 20.9. The Morgan fingerprint density at radius 2 is 1.83 bits per heavy atom. The minimum atomic E-state index is 0.483. The highest BCUT2D eigenvalue weighted by Gasteiger charge is 2.26. The Labute approximate surface area is 180 Å². The summed E-state index contributed by atoms with van der Waals surface area (Å²) >= 11 is 0. The molecule has 0 spiro atoms. The van der Waals surface area contributed by atoms with Crippen LogP contribution in [-0.2, 0) is 6.54 Å². The lowest BCUT2D eigenvalue weighted by Gasteiger charge is -2.39. The number of aliphatic imine (C=N–C) groups is 1. The lowest BCUT2D eigenvalue weighted by Crippen LogP contribution is -2.50. The molecule has 2 aliphatic rings. The second-order valence-electron chi connectivity index (χ2n) is 8.68. The topological polar surface area (TPSA) is 65.7 Å². The maximum absolute atomic E-state index is 5.66. The monoisotopic (exact) mass is 409 g/mol. The Bertz CT molecular complexity index is 814. The Morgan fingerprint density at radius 1 is 1.10 bits per heavy atom. The molecule has 1 aromatic heterocycles. The summed E-state index contributed by atoms with van der Waals surface area (Å²) in [5.41, 5.74) is 3.10. The van der Waals surface area contributed by atoms with Gasteiger partial charge in [-0.3, -0.25) is 4.99 Å². The van der Waals surface area contributed by atoms with Gasteiger partial charge in [0.1, 0.15) is 6.26 Å². The van der Waals surface area contributed by atoms with Crippen LogP contribution in [0.3, 0.4) is 0 Å². The van der Waals surface area contributed by atoms with Crippen LogP contribution < -0.4 is 10.6 Å². The second-order valence-corrected chi connectivity index (χ2v) is 8.68. The molecular weight excluding hydrogens is 374 g/mol. The molecule has 4 rings (SSSR count). The summed E-state index contributed by atoms with van der Waals surface area (Å²) in [6, 6.07) is 9.53. The number of hydrogen-bond acceptors (Lipinski definition) is 4. The first-order valence-corrected chi connectivity index (χ1v) is 11.4. The highest BCUT2D eigenvalue weighted by molar-refractivity contribution is 5.79. The Kier molecular flexibility index (Phi) is 7.05. The minimum Gasteiger partial charge on any atom is -0.444 e. The van der Waals surface area contributed by atoms with E-state index in [1.807, 2.05) is 19.2 Å². The van der Waals surface area contributed by atoms with Gasteiger partial charge in [-0.25, -0.2) is 4.98 Å². The number of aryl methyl sites for hydroxylation is 1. The smallest absolute Gasteiger partial charge is 0.226 e. The molecule has 0 radical (unpaired) electrons. The molecule has 1 saturated heterocycles. The largest absolute Gasteiger partial charge is 0.444 e. The van der Waals surface area contributed by atoms with E-state index in [-0.39, 0.29) is 0 Å². The fraction of sp³-hybridized carbons (Fsp3) is 0.583. The molecule has 0 atom stereocenters. The van der Waals surface area contributed by atoms with Crippen molar-refractivity contribution in [2.75, 3.05) is 20.1 Å². The standard InChI is InChI=1S/C24H35N5O/c1-18-8-10-19(11-9-18)23-27-21(17-30-23)16-26-24(25-2)28-20-12-14-29(15-13-20)22-6-4-3-5-7-22/h8-11,17,20,22H,3-7,12-16H2,1-2H3,(H2,25,26,28). The molecule has 162 valence electrons. The van der Waals surface area contributed by atoms with Crippen LogP contribution in [0, 0.1) is 6.92 Å². The van der Waals surface area contributed by atoms with Crippen LogP contribution in [0.15, 0.2) is 39.9 Å². The fourth-order valence-electron chi connectivity index (χ4n) is 4.63. The molecule has 1 aromatic carbocycles. The van der Waals surface area contributed by atoms with Crippen molar-refractivity contribution in [1.82, 2.24) is 20.5 Å². The Morgan fingerprint density at radius 3 is 2.53 bits per heavy atom. The number of oxazole rings is 1. The predicted molar refractivity (Wildman–Crippen MR) is 121 cm³/mol. The third kappa shape index (κ3) is 5.42. The van der Waals surface area contributed by atoms with Gasteiger partial charge in [-0.1, -0.05) is 37.0 Å². The molecule has 6 nitrogen and oxygen atoms in total. The second kappa shape index (κ2) is 10.1. The van der Waals surface area contributed by atoms with E-state index in [2.05, 4.69) is 44.6 Å². The molecular formula is C24H35N5O. The van der Waals surface area contributed by atoms with Crippen LogP contribution in [-0.4, -0.2) is 48.1 Å². The van der Waals surface area contributed by atoms with Gasteiger partial charge in [0.25, 0.3) is 0 Å². The predicted octanol–water partition coefficient (Wildman–Crippen LogP) is 4.11. The third-order valence-corrected chi connectivity index (χ3v) is 6.47. The van der Waals surface area contributed by atoms with Gasteiger partial charge in [-0.2, -0.15) is 0 Å². The molecule has 1 aliphatic heterocycles. The molecule has 2 heterocycles. The summed E-state index contributed by atoms with van der Waals surface area (Å²) in [7, 11) is 1.83. The van der Waals surface area contributed by atoms with Crippen molar-refractivity contribution in [2.24, 2.45) is 4.99 Å². The summed E-state index contributed by atoms with van der Waals surface area (Å²) in [5, 5.41) is 6.98. The number of rotatable bonds is 5. The number of hydrogen-bond donors (Lipinski definition) is 2. The summed E-state index contributed by atoms with van der Waals surface area (Å²) in [6.07, 6.45) is 11.1. The number of piperidine rings is 1. The minimum absolute atomic E-state index is 0.483. The molecule has 0 unspecified atom stereocenters. The van der Waals surface area contributed by atoms with E-state index in [4.69, 9.17) is 4.42 Å². The molecule has 1 saturated carbocycles. The van der Waals surface area contributed by atoms with E-state index in [1.165, 1.54) is 63.6 Å². The first-order chi connectivity index (χ1) is 14.7.